The predicted molar refractivity (Wildman–Crippen MR) is 193 cm³/mol. The van der Waals surface area contributed by atoms with Crippen molar-refractivity contribution in [2.24, 2.45) is 34.7 Å². The number of carbonyl (C=O) groups is 1. The van der Waals surface area contributed by atoms with Crippen LogP contribution in [-0.4, -0.2) is 83.6 Å². The summed E-state index contributed by atoms with van der Waals surface area (Å²) in [6.07, 6.45) is 4.50. The number of hydrogen-bond acceptors (Lipinski definition) is 7. The summed E-state index contributed by atoms with van der Waals surface area (Å²) >= 11 is 0. The van der Waals surface area contributed by atoms with Crippen LogP contribution in [0.3, 0.4) is 0 Å². The molecule has 1 heterocycles. The van der Waals surface area contributed by atoms with Crippen molar-refractivity contribution in [3.05, 3.63) is 34.2 Å². The number of amides is 1. The Morgan fingerprint density at radius 2 is 1.83 bits per heavy atom. The van der Waals surface area contributed by atoms with E-state index in [1.54, 1.807) is 14.2 Å². The zero-order valence-corrected chi connectivity index (χ0v) is 32.2. The minimum Gasteiger partial charge on any atom is -0.493 e. The van der Waals surface area contributed by atoms with E-state index in [2.05, 4.69) is 81.0 Å². The molecule has 1 aliphatic heterocycles. The first-order valence-electron chi connectivity index (χ1n) is 17.6. The molecule has 5 atom stereocenters. The van der Waals surface area contributed by atoms with E-state index in [9.17, 15) is 15.1 Å². The summed E-state index contributed by atoms with van der Waals surface area (Å²) in [5.41, 5.74) is 11.0. The molecule has 11 heteroatoms. The standard InChI is InChI=1S/C36H65N5O5Si/c1-25(2)28(19-27-13-14-33(45-9)34(20-27)46-18-12-17-44-8)22-32(39-40-37)29(23-36(5,6)47(10,11)43)21-31(26(3)4)35(42)38-30-15-16-41(7)24-30/h13-14,20,25-26,28-32,43H,12,15-19,21-24H2,1-11H3,(H,38,42)/t28-,29+,30?,31-,32-/m0/s1. The molecule has 0 aromatic heterocycles. The summed E-state index contributed by atoms with van der Waals surface area (Å²) in [5, 5.41) is 7.45. The number of ether oxygens (including phenoxy) is 3. The number of benzene rings is 1. The van der Waals surface area contributed by atoms with Crippen LogP contribution in [0.2, 0.25) is 18.1 Å². The summed E-state index contributed by atoms with van der Waals surface area (Å²) in [5.74, 6) is 1.85. The van der Waals surface area contributed by atoms with E-state index in [0.717, 1.165) is 37.9 Å². The zero-order valence-electron chi connectivity index (χ0n) is 31.2. The molecule has 1 amide bonds. The summed E-state index contributed by atoms with van der Waals surface area (Å²) in [6.45, 7) is 19.9. The predicted octanol–water partition coefficient (Wildman–Crippen LogP) is 7.46. The second-order valence-corrected chi connectivity index (χ2v) is 20.1. The highest BCUT2D eigenvalue weighted by Crippen LogP contribution is 2.46. The number of likely N-dealkylation sites (tertiary alicyclic amines) is 1. The topological polar surface area (TPSA) is 129 Å². The number of rotatable bonds is 21. The quantitative estimate of drug-likeness (QED) is 0.0458. The Kier molecular flexibility index (Phi) is 16.5. The summed E-state index contributed by atoms with van der Waals surface area (Å²) < 4.78 is 16.8. The number of carbonyl (C=O) groups excluding carboxylic acids is 1. The average Bonchev–Trinajstić information content (AvgIpc) is 3.39. The van der Waals surface area contributed by atoms with Gasteiger partial charge in [-0.2, -0.15) is 0 Å². The lowest BCUT2D eigenvalue weighted by Crippen LogP contribution is -2.45. The zero-order chi connectivity index (χ0) is 35.4. The van der Waals surface area contributed by atoms with Gasteiger partial charge in [0.1, 0.15) is 0 Å². The maximum Gasteiger partial charge on any atom is 0.223 e. The summed E-state index contributed by atoms with van der Waals surface area (Å²) in [6, 6.07) is 5.93. The van der Waals surface area contributed by atoms with Crippen molar-refractivity contribution in [3.63, 3.8) is 0 Å². The molecule has 1 aliphatic rings. The summed E-state index contributed by atoms with van der Waals surface area (Å²) in [7, 11) is 2.83. The lowest BCUT2D eigenvalue weighted by atomic mass is 9.74. The molecule has 0 bridgehead atoms. The van der Waals surface area contributed by atoms with Gasteiger partial charge in [0, 0.05) is 49.6 Å². The van der Waals surface area contributed by atoms with Crippen LogP contribution in [0.15, 0.2) is 23.3 Å². The van der Waals surface area contributed by atoms with Crippen LogP contribution in [0.5, 0.6) is 11.5 Å². The van der Waals surface area contributed by atoms with Gasteiger partial charge >= 0.3 is 0 Å². The summed E-state index contributed by atoms with van der Waals surface area (Å²) in [4.78, 5) is 30.7. The van der Waals surface area contributed by atoms with Crippen molar-refractivity contribution >= 4 is 14.2 Å². The van der Waals surface area contributed by atoms with Crippen molar-refractivity contribution in [2.75, 3.05) is 47.6 Å². The van der Waals surface area contributed by atoms with Crippen LogP contribution in [0.1, 0.15) is 79.2 Å². The number of likely N-dealkylation sites (N-methyl/N-ethyl adjacent to an activating group) is 1. The van der Waals surface area contributed by atoms with Crippen LogP contribution in [0.25, 0.3) is 10.4 Å². The van der Waals surface area contributed by atoms with Crippen molar-refractivity contribution in [1.29, 1.82) is 0 Å². The Labute approximate surface area is 286 Å². The van der Waals surface area contributed by atoms with E-state index >= 15 is 0 Å². The van der Waals surface area contributed by atoms with Gasteiger partial charge in [-0.25, -0.2) is 0 Å². The van der Waals surface area contributed by atoms with E-state index < -0.39 is 8.32 Å². The second kappa shape index (κ2) is 19.0. The highest BCUT2D eigenvalue weighted by molar-refractivity contribution is 6.72. The van der Waals surface area contributed by atoms with Crippen LogP contribution >= 0.6 is 0 Å². The lowest BCUT2D eigenvalue weighted by molar-refractivity contribution is -0.127. The monoisotopic (exact) mass is 675 g/mol. The van der Waals surface area contributed by atoms with Gasteiger partial charge in [0.05, 0.1) is 13.7 Å². The number of azide groups is 1. The normalized spacial score (nSPS) is 18.5. The van der Waals surface area contributed by atoms with Gasteiger partial charge in [0.25, 0.3) is 0 Å². The molecule has 2 N–H and O–H groups in total. The van der Waals surface area contributed by atoms with Gasteiger partial charge in [-0.3, -0.25) is 4.79 Å². The van der Waals surface area contributed by atoms with Gasteiger partial charge < -0.3 is 29.2 Å². The minimum absolute atomic E-state index is 0.0685. The van der Waals surface area contributed by atoms with Gasteiger partial charge in [-0.05, 0) is 111 Å². The Morgan fingerprint density at radius 3 is 2.36 bits per heavy atom. The van der Waals surface area contributed by atoms with Crippen LogP contribution in [-0.2, 0) is 16.0 Å². The fraction of sp³-hybridized carbons (Fsp3) is 0.806. The Balaban J connectivity index is 2.41. The third-order valence-electron chi connectivity index (χ3n) is 10.6. The molecule has 0 saturated carbocycles. The third-order valence-corrected chi connectivity index (χ3v) is 14.1. The van der Waals surface area contributed by atoms with Gasteiger partial charge in [-0.1, -0.05) is 52.7 Å². The molecule has 268 valence electrons. The number of methoxy groups -OCH3 is 2. The van der Waals surface area contributed by atoms with Crippen LogP contribution in [0, 0.1) is 29.6 Å². The largest absolute Gasteiger partial charge is 0.493 e. The molecular weight excluding hydrogens is 611 g/mol. The maximum atomic E-state index is 13.8. The smallest absolute Gasteiger partial charge is 0.223 e. The SMILES string of the molecule is COCCCOc1cc(C[C@@H](C[C@H](N=[N+]=[N-])[C@H](C[C@H](C(=O)NC2CCN(C)C2)C(C)C)CC(C)(C)[Si](C)(C)O)C(C)C)ccc1OC. The second-order valence-electron chi connectivity index (χ2n) is 15.6. The Bertz CT molecular complexity index is 1150. The molecule has 1 aromatic rings. The number of hydrogen-bond donors (Lipinski definition) is 2. The van der Waals surface area contributed by atoms with E-state index in [0.29, 0.717) is 49.9 Å². The first-order chi connectivity index (χ1) is 22.0. The fourth-order valence-electron chi connectivity index (χ4n) is 6.60. The van der Waals surface area contributed by atoms with E-state index in [1.807, 2.05) is 19.2 Å². The molecule has 1 saturated heterocycles. The van der Waals surface area contributed by atoms with Crippen molar-refractivity contribution < 1.29 is 23.8 Å². The van der Waals surface area contributed by atoms with Crippen LogP contribution in [0.4, 0.5) is 0 Å². The van der Waals surface area contributed by atoms with Gasteiger partial charge in [0.15, 0.2) is 19.8 Å². The van der Waals surface area contributed by atoms with Gasteiger partial charge in [-0.15, -0.1) is 0 Å². The first kappa shape index (κ1) is 40.9. The highest BCUT2D eigenvalue weighted by atomic mass is 28.4. The molecule has 10 nitrogen and oxygen atoms in total. The third kappa shape index (κ3) is 12.9. The Morgan fingerprint density at radius 1 is 1.13 bits per heavy atom. The fourth-order valence-corrected chi connectivity index (χ4v) is 7.36. The molecule has 0 spiro atoms. The highest BCUT2D eigenvalue weighted by Gasteiger charge is 2.43. The van der Waals surface area contributed by atoms with Crippen molar-refractivity contribution in [2.45, 2.75) is 110 Å². The van der Waals surface area contributed by atoms with Crippen molar-refractivity contribution in [3.8, 4) is 11.5 Å². The Hall–Kier alpha value is -2.30. The number of nitrogens with one attached hydrogen (secondary N) is 1. The van der Waals surface area contributed by atoms with E-state index in [1.165, 1.54) is 0 Å². The molecule has 1 fully saturated rings. The van der Waals surface area contributed by atoms with E-state index in [-0.39, 0.29) is 46.7 Å². The molecular formula is C36H65N5O5Si. The molecule has 0 aliphatic carbocycles. The molecule has 2 rings (SSSR count). The van der Waals surface area contributed by atoms with Crippen molar-refractivity contribution in [1.82, 2.24) is 10.2 Å². The lowest BCUT2D eigenvalue weighted by Gasteiger charge is -2.41. The first-order valence-corrected chi connectivity index (χ1v) is 20.5. The van der Waals surface area contributed by atoms with Gasteiger partial charge in [0.2, 0.25) is 5.91 Å². The maximum absolute atomic E-state index is 13.8. The van der Waals surface area contributed by atoms with Crippen LogP contribution < -0.4 is 14.8 Å². The molecule has 1 aromatic carbocycles. The molecule has 1 unspecified atom stereocenters. The molecule has 47 heavy (non-hydrogen) atoms. The van der Waals surface area contributed by atoms with E-state index in [4.69, 9.17) is 14.2 Å². The minimum atomic E-state index is -2.59. The average molecular weight is 676 g/mol. The number of nitrogens with zero attached hydrogens (tertiary/aromatic N) is 4. The molecule has 0 radical (unpaired) electrons.